The molecule has 3 N–H and O–H groups in total. The van der Waals surface area contributed by atoms with E-state index in [1.165, 1.54) is 18.3 Å². The molecule has 0 unspecified atom stereocenters. The van der Waals surface area contributed by atoms with Crippen molar-refractivity contribution in [2.24, 2.45) is 5.73 Å². The Balaban J connectivity index is 0.00000242. The molecule has 0 bridgehead atoms. The predicted molar refractivity (Wildman–Crippen MR) is 79.1 cm³/mol. The molecule has 2 rings (SSSR count). The number of nitrogens with zero attached hydrogens (tertiary/aromatic N) is 1. The zero-order valence-electron chi connectivity index (χ0n) is 10.9. The highest BCUT2D eigenvalue weighted by molar-refractivity contribution is 6.30. The van der Waals surface area contributed by atoms with Crippen molar-refractivity contribution in [1.29, 1.82) is 0 Å². The molecule has 1 aromatic carbocycles. The van der Waals surface area contributed by atoms with Crippen molar-refractivity contribution in [3.05, 3.63) is 52.6 Å². The van der Waals surface area contributed by atoms with Crippen molar-refractivity contribution in [3.8, 4) is 0 Å². The fourth-order valence-electron chi connectivity index (χ4n) is 1.70. The Morgan fingerprint density at radius 1 is 1.23 bits per heavy atom. The number of rotatable bonds is 3. The maximum Gasteiger partial charge on any atom is 0.418 e. The Labute approximate surface area is 134 Å². The maximum atomic E-state index is 13.5. The second-order valence-electron chi connectivity index (χ2n) is 4.17. The van der Waals surface area contributed by atoms with Gasteiger partial charge in [0, 0.05) is 17.6 Å². The number of alkyl halides is 3. The summed E-state index contributed by atoms with van der Waals surface area (Å²) in [5, 5.41) is 2.43. The summed E-state index contributed by atoms with van der Waals surface area (Å²) in [4.78, 5) is 3.73. The van der Waals surface area contributed by atoms with Gasteiger partial charge in [0.2, 0.25) is 0 Å². The van der Waals surface area contributed by atoms with Gasteiger partial charge in [-0.15, -0.1) is 12.4 Å². The molecule has 22 heavy (non-hydrogen) atoms. The highest BCUT2D eigenvalue weighted by Gasteiger charge is 2.33. The minimum atomic E-state index is -4.59. The molecule has 1 heterocycles. The summed E-state index contributed by atoms with van der Waals surface area (Å²) in [7, 11) is 0. The van der Waals surface area contributed by atoms with Crippen molar-refractivity contribution in [3.63, 3.8) is 0 Å². The molecule has 0 amide bonds. The molecule has 0 saturated heterocycles. The summed E-state index contributed by atoms with van der Waals surface area (Å²) in [5.41, 5.74) is 4.19. The SMILES string of the molecule is Cl.NCc1ncc(Nc2ccc(Cl)cc2C(F)(F)F)cc1F. The van der Waals surface area contributed by atoms with Crippen LogP contribution in [0.2, 0.25) is 5.02 Å². The van der Waals surface area contributed by atoms with Crippen LogP contribution in [0.1, 0.15) is 11.3 Å². The van der Waals surface area contributed by atoms with Gasteiger partial charge in [0.1, 0.15) is 5.82 Å². The third-order valence-corrected chi connectivity index (χ3v) is 2.91. The summed E-state index contributed by atoms with van der Waals surface area (Å²) in [6.45, 7) is -0.0964. The van der Waals surface area contributed by atoms with Gasteiger partial charge in [-0.25, -0.2) is 4.39 Å². The van der Waals surface area contributed by atoms with E-state index in [1.807, 2.05) is 0 Å². The van der Waals surface area contributed by atoms with Crippen LogP contribution >= 0.6 is 24.0 Å². The number of nitrogens with one attached hydrogen (secondary N) is 1. The Morgan fingerprint density at radius 2 is 1.91 bits per heavy atom. The second-order valence-corrected chi connectivity index (χ2v) is 4.61. The summed E-state index contributed by atoms with van der Waals surface area (Å²) < 4.78 is 52.3. The molecule has 1 aromatic heterocycles. The van der Waals surface area contributed by atoms with E-state index in [0.29, 0.717) is 0 Å². The van der Waals surface area contributed by atoms with Crippen LogP contribution in [-0.2, 0) is 12.7 Å². The van der Waals surface area contributed by atoms with Gasteiger partial charge in [0.05, 0.1) is 28.8 Å². The van der Waals surface area contributed by atoms with Crippen LogP contribution in [0.3, 0.4) is 0 Å². The first kappa shape index (κ1) is 18.5. The fraction of sp³-hybridized carbons (Fsp3) is 0.154. The standard InChI is InChI=1S/C13H10ClF4N3.ClH/c14-7-1-2-11(9(3-7)13(16,17)18)21-8-4-10(15)12(5-19)20-6-8;/h1-4,6,21H,5,19H2;1H. The van der Waals surface area contributed by atoms with E-state index in [9.17, 15) is 17.6 Å². The molecule has 0 fully saturated rings. The van der Waals surface area contributed by atoms with Crippen LogP contribution < -0.4 is 11.1 Å². The van der Waals surface area contributed by atoms with Crippen LogP contribution in [0, 0.1) is 5.82 Å². The zero-order valence-corrected chi connectivity index (χ0v) is 12.5. The van der Waals surface area contributed by atoms with Crippen LogP contribution in [0.4, 0.5) is 28.9 Å². The number of nitrogens with two attached hydrogens (primary N) is 1. The van der Waals surface area contributed by atoms with Crippen LogP contribution in [0.25, 0.3) is 0 Å². The van der Waals surface area contributed by atoms with E-state index >= 15 is 0 Å². The number of anilines is 2. The molecule has 0 saturated carbocycles. The Morgan fingerprint density at radius 3 is 2.45 bits per heavy atom. The first-order valence-corrected chi connectivity index (χ1v) is 6.17. The van der Waals surface area contributed by atoms with Gasteiger partial charge in [0.25, 0.3) is 0 Å². The van der Waals surface area contributed by atoms with E-state index in [0.717, 1.165) is 12.1 Å². The lowest BCUT2D eigenvalue weighted by atomic mass is 10.1. The van der Waals surface area contributed by atoms with Gasteiger partial charge in [-0.2, -0.15) is 13.2 Å². The quantitative estimate of drug-likeness (QED) is 0.796. The minimum Gasteiger partial charge on any atom is -0.354 e. The molecule has 2 aromatic rings. The lowest BCUT2D eigenvalue weighted by Gasteiger charge is -2.15. The summed E-state index contributed by atoms with van der Waals surface area (Å²) >= 11 is 5.58. The van der Waals surface area contributed by atoms with E-state index < -0.39 is 17.6 Å². The second kappa shape index (κ2) is 7.13. The highest BCUT2D eigenvalue weighted by atomic mass is 35.5. The van der Waals surface area contributed by atoms with Crippen molar-refractivity contribution < 1.29 is 17.6 Å². The maximum absolute atomic E-state index is 13.5. The first-order valence-electron chi connectivity index (χ1n) is 5.79. The lowest BCUT2D eigenvalue weighted by molar-refractivity contribution is -0.136. The van der Waals surface area contributed by atoms with Gasteiger partial charge in [0.15, 0.2) is 0 Å². The van der Waals surface area contributed by atoms with Crippen LogP contribution in [0.15, 0.2) is 30.5 Å². The van der Waals surface area contributed by atoms with E-state index in [-0.39, 0.29) is 41.0 Å². The number of pyridine rings is 1. The number of benzene rings is 1. The van der Waals surface area contributed by atoms with Crippen LogP contribution in [0.5, 0.6) is 0 Å². The number of halogens is 6. The monoisotopic (exact) mass is 355 g/mol. The molecular formula is C13H11Cl2F4N3. The molecule has 9 heteroatoms. The van der Waals surface area contributed by atoms with Gasteiger partial charge in [-0.3, -0.25) is 4.98 Å². The smallest absolute Gasteiger partial charge is 0.354 e. The normalized spacial score (nSPS) is 11.0. The highest BCUT2D eigenvalue weighted by Crippen LogP contribution is 2.37. The van der Waals surface area contributed by atoms with E-state index in [4.69, 9.17) is 17.3 Å². The molecule has 0 atom stereocenters. The zero-order chi connectivity index (χ0) is 15.6. The summed E-state index contributed by atoms with van der Waals surface area (Å²) in [5.74, 6) is -0.690. The molecule has 0 spiro atoms. The summed E-state index contributed by atoms with van der Waals surface area (Å²) in [6, 6.07) is 4.29. The van der Waals surface area contributed by atoms with Crippen molar-refractivity contribution >= 4 is 35.4 Å². The predicted octanol–water partition coefficient (Wildman–Crippen LogP) is 4.52. The largest absolute Gasteiger partial charge is 0.418 e. The average molecular weight is 356 g/mol. The molecule has 0 aliphatic carbocycles. The van der Waals surface area contributed by atoms with Crippen molar-refractivity contribution in [2.45, 2.75) is 12.7 Å². The third kappa shape index (κ3) is 4.22. The topological polar surface area (TPSA) is 50.9 Å². The molecular weight excluding hydrogens is 345 g/mol. The number of aromatic nitrogens is 1. The van der Waals surface area contributed by atoms with Gasteiger partial charge in [-0.05, 0) is 18.2 Å². The van der Waals surface area contributed by atoms with Crippen molar-refractivity contribution in [1.82, 2.24) is 4.98 Å². The molecule has 0 aliphatic heterocycles. The van der Waals surface area contributed by atoms with Crippen LogP contribution in [-0.4, -0.2) is 4.98 Å². The summed E-state index contributed by atoms with van der Waals surface area (Å²) in [6.07, 6.45) is -3.38. The first-order chi connectivity index (χ1) is 9.81. The number of hydrogen-bond acceptors (Lipinski definition) is 3. The van der Waals surface area contributed by atoms with Gasteiger partial charge < -0.3 is 11.1 Å². The minimum absolute atomic E-state index is 0. The molecule has 0 radical (unpaired) electrons. The van der Waals surface area contributed by atoms with Gasteiger partial charge >= 0.3 is 6.18 Å². The third-order valence-electron chi connectivity index (χ3n) is 2.68. The lowest BCUT2D eigenvalue weighted by Crippen LogP contribution is -2.09. The molecule has 3 nitrogen and oxygen atoms in total. The fourth-order valence-corrected chi connectivity index (χ4v) is 1.87. The van der Waals surface area contributed by atoms with E-state index in [2.05, 4.69) is 10.3 Å². The molecule has 120 valence electrons. The van der Waals surface area contributed by atoms with E-state index in [1.54, 1.807) is 0 Å². The molecule has 0 aliphatic rings. The number of hydrogen-bond donors (Lipinski definition) is 2. The Kier molecular flexibility index (Phi) is 5.99. The van der Waals surface area contributed by atoms with Crippen molar-refractivity contribution in [2.75, 3.05) is 5.32 Å². The van der Waals surface area contributed by atoms with Gasteiger partial charge in [-0.1, -0.05) is 11.6 Å². The average Bonchev–Trinajstić information content (AvgIpc) is 2.40. The Bertz CT molecular complexity index is 662. The Hall–Kier alpha value is -1.57.